The van der Waals surface area contributed by atoms with Crippen LogP contribution in [0.5, 0.6) is 0 Å². The van der Waals surface area contributed by atoms with Crippen molar-refractivity contribution in [2.45, 2.75) is 77.4 Å². The fourth-order valence-electron chi connectivity index (χ4n) is 3.73. The number of aliphatic carboxylic acids is 1. The number of anilines is 1. The van der Waals surface area contributed by atoms with Crippen molar-refractivity contribution in [3.8, 4) is 0 Å². The van der Waals surface area contributed by atoms with E-state index in [1.165, 1.54) is 12.5 Å². The van der Waals surface area contributed by atoms with Crippen LogP contribution >= 0.6 is 0 Å². The number of aliphatic hydroxyl groups is 1. The molecule has 0 bridgehead atoms. The minimum Gasteiger partial charge on any atom is -0.480 e. The number of aryl methyl sites for hydroxylation is 2. The highest BCUT2D eigenvalue weighted by Crippen LogP contribution is 2.20. The van der Waals surface area contributed by atoms with E-state index in [-0.39, 0.29) is 5.91 Å². The molecule has 1 aromatic heterocycles. The Morgan fingerprint density at radius 1 is 1.26 bits per heavy atom. The summed E-state index contributed by atoms with van der Waals surface area (Å²) in [5, 5.41) is 25.3. The zero-order valence-corrected chi connectivity index (χ0v) is 19.1. The van der Waals surface area contributed by atoms with Gasteiger partial charge in [-0.15, -0.1) is 0 Å². The maximum atomic E-state index is 11.4. The molecule has 1 aliphatic rings. The molecule has 0 spiro atoms. The summed E-state index contributed by atoms with van der Waals surface area (Å²) in [5.41, 5.74) is 1.61. The first-order valence-electron chi connectivity index (χ1n) is 11.3. The molecule has 2 rings (SSSR count). The number of fused-ring (bicyclic) bond motifs is 1. The lowest BCUT2D eigenvalue weighted by Gasteiger charge is -2.27. The summed E-state index contributed by atoms with van der Waals surface area (Å²) in [6.45, 7) is 7.90. The molecule has 31 heavy (non-hydrogen) atoms. The smallest absolute Gasteiger partial charge is 0.326 e. The Morgan fingerprint density at radius 3 is 2.71 bits per heavy atom. The molecule has 174 valence electrons. The Morgan fingerprint density at radius 2 is 2.03 bits per heavy atom. The lowest BCUT2D eigenvalue weighted by Crippen LogP contribution is -2.43. The van der Waals surface area contributed by atoms with E-state index in [9.17, 15) is 19.8 Å². The first kappa shape index (κ1) is 25.1. The van der Waals surface area contributed by atoms with Gasteiger partial charge in [-0.3, -0.25) is 4.79 Å². The Bertz CT molecular complexity index is 733. The van der Waals surface area contributed by atoms with Gasteiger partial charge in [-0.25, -0.2) is 9.78 Å². The third kappa shape index (κ3) is 9.65. The van der Waals surface area contributed by atoms with Crippen LogP contribution < -0.4 is 10.6 Å². The number of carboxylic acid groups (broad SMARTS) is 1. The zero-order valence-electron chi connectivity index (χ0n) is 19.1. The summed E-state index contributed by atoms with van der Waals surface area (Å²) in [4.78, 5) is 29.6. The minimum absolute atomic E-state index is 0.332. The van der Waals surface area contributed by atoms with Gasteiger partial charge in [0, 0.05) is 32.3 Å². The lowest BCUT2D eigenvalue weighted by molar-refractivity contribution is -0.141. The van der Waals surface area contributed by atoms with E-state index < -0.39 is 17.6 Å². The van der Waals surface area contributed by atoms with Crippen molar-refractivity contribution < 1.29 is 19.8 Å². The van der Waals surface area contributed by atoms with E-state index in [1.54, 1.807) is 13.8 Å². The van der Waals surface area contributed by atoms with Crippen molar-refractivity contribution in [1.82, 2.24) is 15.2 Å². The van der Waals surface area contributed by atoms with Gasteiger partial charge in [0.05, 0.1) is 5.60 Å². The first-order valence-corrected chi connectivity index (χ1v) is 11.3. The molecule has 0 radical (unpaired) electrons. The number of amides is 1. The maximum absolute atomic E-state index is 11.4. The fraction of sp³-hybridized carbons (Fsp3) is 0.696. The number of aromatic nitrogens is 1. The second kappa shape index (κ2) is 12.0. The lowest BCUT2D eigenvalue weighted by atomic mass is 10.0. The number of nitrogens with one attached hydrogen (secondary N) is 2. The van der Waals surface area contributed by atoms with Crippen LogP contribution in [0, 0.1) is 0 Å². The summed E-state index contributed by atoms with van der Waals surface area (Å²) in [6, 6.07) is 3.39. The molecule has 1 aromatic rings. The quantitative estimate of drug-likeness (QED) is 0.352. The monoisotopic (exact) mass is 434 g/mol. The Labute approximate surface area is 185 Å². The highest BCUT2D eigenvalue weighted by atomic mass is 16.4. The molecule has 0 saturated carbocycles. The highest BCUT2D eigenvalue weighted by Gasteiger charge is 2.21. The molecule has 8 nitrogen and oxygen atoms in total. The molecule has 1 amide bonds. The standard InChI is InChI=1S/C23H38N4O4/c1-17(28)25-20(22(29)30)11-15-27(16-12-23(2,3)31)14-5-4-8-19-10-9-18-7-6-13-24-21(18)26-19/h9-10,20,31H,4-8,11-16H2,1-3H3,(H,24,26)(H,25,28)(H,29,30). The molecule has 0 aliphatic carbocycles. The van der Waals surface area contributed by atoms with E-state index in [4.69, 9.17) is 4.98 Å². The van der Waals surface area contributed by atoms with E-state index in [0.717, 1.165) is 56.7 Å². The van der Waals surface area contributed by atoms with E-state index >= 15 is 0 Å². The molecule has 1 unspecified atom stereocenters. The number of carboxylic acids is 1. The van der Waals surface area contributed by atoms with Gasteiger partial charge in [0.15, 0.2) is 0 Å². The largest absolute Gasteiger partial charge is 0.480 e. The Hall–Kier alpha value is -2.19. The van der Waals surface area contributed by atoms with E-state index in [0.29, 0.717) is 25.9 Å². The number of nitrogens with zero attached hydrogens (tertiary/aromatic N) is 2. The summed E-state index contributed by atoms with van der Waals surface area (Å²) in [6.07, 6.45) is 6.01. The van der Waals surface area contributed by atoms with Crippen LogP contribution in [0.3, 0.4) is 0 Å². The number of unbranched alkanes of at least 4 members (excludes halogenated alkanes) is 1. The third-order valence-electron chi connectivity index (χ3n) is 5.56. The van der Waals surface area contributed by atoms with Gasteiger partial charge in [0.25, 0.3) is 0 Å². The van der Waals surface area contributed by atoms with Crippen LogP contribution in [0.2, 0.25) is 0 Å². The molecule has 0 saturated heterocycles. The molecule has 4 N–H and O–H groups in total. The average Bonchev–Trinajstić information content (AvgIpc) is 2.70. The molecular formula is C23H38N4O4. The van der Waals surface area contributed by atoms with Gasteiger partial charge >= 0.3 is 5.97 Å². The maximum Gasteiger partial charge on any atom is 0.326 e. The fourth-order valence-corrected chi connectivity index (χ4v) is 3.73. The van der Waals surface area contributed by atoms with Crippen LogP contribution in [-0.2, 0) is 22.4 Å². The second-order valence-electron chi connectivity index (χ2n) is 9.08. The third-order valence-corrected chi connectivity index (χ3v) is 5.56. The van der Waals surface area contributed by atoms with Crippen molar-refractivity contribution in [2.75, 3.05) is 31.5 Å². The number of hydrogen-bond donors (Lipinski definition) is 4. The predicted octanol–water partition coefficient (Wildman–Crippen LogP) is 2.20. The first-order chi connectivity index (χ1) is 14.6. The number of hydrogen-bond acceptors (Lipinski definition) is 6. The van der Waals surface area contributed by atoms with Crippen LogP contribution in [0.25, 0.3) is 0 Å². The van der Waals surface area contributed by atoms with Crippen LogP contribution in [0.1, 0.15) is 64.1 Å². The number of carbonyl (C=O) groups is 2. The normalized spacial score (nSPS) is 14.6. The van der Waals surface area contributed by atoms with E-state index in [2.05, 4.69) is 27.7 Å². The van der Waals surface area contributed by atoms with Crippen LogP contribution in [0.4, 0.5) is 5.82 Å². The number of pyridine rings is 1. The predicted molar refractivity (Wildman–Crippen MR) is 121 cm³/mol. The SMILES string of the molecule is CC(=O)NC(CCN(CCCCc1ccc2c(n1)NCCC2)CCC(C)(C)O)C(=O)O. The molecular weight excluding hydrogens is 396 g/mol. The molecule has 8 heteroatoms. The van der Waals surface area contributed by atoms with Crippen LogP contribution in [0.15, 0.2) is 12.1 Å². The van der Waals surface area contributed by atoms with Gasteiger partial charge in [-0.05, 0) is 77.0 Å². The summed E-state index contributed by atoms with van der Waals surface area (Å²) in [5.74, 6) is -0.347. The summed E-state index contributed by atoms with van der Waals surface area (Å²) < 4.78 is 0. The molecule has 0 fully saturated rings. The molecule has 1 atom stereocenters. The summed E-state index contributed by atoms with van der Waals surface area (Å²) >= 11 is 0. The van der Waals surface area contributed by atoms with Crippen LogP contribution in [-0.4, -0.2) is 69.8 Å². The van der Waals surface area contributed by atoms with Gasteiger partial charge < -0.3 is 25.7 Å². The molecule has 2 heterocycles. The minimum atomic E-state index is -1.02. The van der Waals surface area contributed by atoms with Gasteiger partial charge in [-0.2, -0.15) is 0 Å². The molecule has 1 aliphatic heterocycles. The zero-order chi connectivity index (χ0) is 22.9. The van der Waals surface area contributed by atoms with Crippen molar-refractivity contribution in [3.05, 3.63) is 23.4 Å². The number of rotatable bonds is 13. The van der Waals surface area contributed by atoms with Crippen molar-refractivity contribution in [1.29, 1.82) is 0 Å². The summed E-state index contributed by atoms with van der Waals surface area (Å²) in [7, 11) is 0. The van der Waals surface area contributed by atoms with Crippen molar-refractivity contribution in [2.24, 2.45) is 0 Å². The van der Waals surface area contributed by atoms with Crippen molar-refractivity contribution in [3.63, 3.8) is 0 Å². The van der Waals surface area contributed by atoms with Gasteiger partial charge in [0.2, 0.25) is 5.91 Å². The number of carbonyl (C=O) groups excluding carboxylic acids is 1. The van der Waals surface area contributed by atoms with E-state index in [1.807, 2.05) is 0 Å². The molecule has 0 aromatic carbocycles. The Kier molecular flexibility index (Phi) is 9.71. The average molecular weight is 435 g/mol. The topological polar surface area (TPSA) is 115 Å². The van der Waals surface area contributed by atoms with Gasteiger partial charge in [0.1, 0.15) is 11.9 Å². The highest BCUT2D eigenvalue weighted by molar-refractivity contribution is 5.82. The van der Waals surface area contributed by atoms with Crippen molar-refractivity contribution >= 4 is 17.7 Å². The van der Waals surface area contributed by atoms with Gasteiger partial charge in [-0.1, -0.05) is 6.07 Å². The second-order valence-corrected chi connectivity index (χ2v) is 9.08. The Balaban J connectivity index is 1.83.